The number of nitrogens with zero attached hydrogens (tertiary/aromatic N) is 3. The number of rotatable bonds is 5. The van der Waals surface area contributed by atoms with Crippen molar-refractivity contribution in [2.24, 2.45) is 0 Å². The van der Waals surface area contributed by atoms with Gasteiger partial charge in [0.15, 0.2) is 11.5 Å². The molecule has 1 heterocycles. The van der Waals surface area contributed by atoms with Gasteiger partial charge in [-0.05, 0) is 54.6 Å². The van der Waals surface area contributed by atoms with Crippen molar-refractivity contribution in [3.05, 3.63) is 72.2 Å². The third-order valence-electron chi connectivity index (χ3n) is 3.64. The summed E-state index contributed by atoms with van der Waals surface area (Å²) in [6.07, 6.45) is 0. The molecule has 0 aliphatic rings. The van der Waals surface area contributed by atoms with Gasteiger partial charge in [-0.15, -0.1) is 10.2 Å². The predicted molar refractivity (Wildman–Crippen MR) is 100 cm³/mol. The predicted octanol–water partition coefficient (Wildman–Crippen LogP) is 3.68. The Morgan fingerprint density at radius 2 is 1.73 bits per heavy atom. The van der Waals surface area contributed by atoms with Gasteiger partial charge in [-0.1, -0.05) is 6.07 Å². The maximum absolute atomic E-state index is 13.2. The minimum Gasteiger partial charge on any atom is -0.378 e. The number of nitrogens with one attached hydrogen (secondary N) is 2. The zero-order valence-corrected chi connectivity index (χ0v) is 14.4. The molecule has 3 rings (SSSR count). The average molecular weight is 351 g/mol. The minimum atomic E-state index is -0.454. The van der Waals surface area contributed by atoms with Gasteiger partial charge in [0.25, 0.3) is 5.91 Å². The van der Waals surface area contributed by atoms with Gasteiger partial charge in [-0.25, -0.2) is 4.39 Å². The lowest BCUT2D eigenvalue weighted by molar-refractivity contribution is 0.102. The number of carbonyl (C=O) groups excluding carboxylic acids is 1. The molecular weight excluding hydrogens is 333 g/mol. The van der Waals surface area contributed by atoms with Gasteiger partial charge in [0, 0.05) is 31.2 Å². The van der Waals surface area contributed by atoms with Crippen LogP contribution in [0, 0.1) is 5.82 Å². The number of aromatic nitrogens is 2. The third kappa shape index (κ3) is 4.32. The fourth-order valence-electron chi connectivity index (χ4n) is 2.27. The fourth-order valence-corrected chi connectivity index (χ4v) is 2.27. The molecule has 0 saturated carbocycles. The van der Waals surface area contributed by atoms with Crippen LogP contribution in [0.2, 0.25) is 0 Å². The van der Waals surface area contributed by atoms with Crippen LogP contribution in [0.25, 0.3) is 0 Å². The quantitative estimate of drug-likeness (QED) is 0.734. The van der Waals surface area contributed by atoms with Crippen LogP contribution in [0.1, 0.15) is 10.5 Å². The molecule has 132 valence electrons. The molecule has 1 amide bonds. The summed E-state index contributed by atoms with van der Waals surface area (Å²) in [5.41, 5.74) is 2.45. The Morgan fingerprint density at radius 3 is 2.35 bits per heavy atom. The van der Waals surface area contributed by atoms with Crippen LogP contribution in [0.5, 0.6) is 0 Å². The Kier molecular flexibility index (Phi) is 5.07. The van der Waals surface area contributed by atoms with Gasteiger partial charge in [0.1, 0.15) is 5.82 Å². The third-order valence-corrected chi connectivity index (χ3v) is 3.64. The number of benzene rings is 2. The van der Waals surface area contributed by atoms with E-state index in [1.807, 2.05) is 43.3 Å². The molecule has 0 radical (unpaired) electrons. The molecule has 0 atom stereocenters. The van der Waals surface area contributed by atoms with Crippen LogP contribution in [0.3, 0.4) is 0 Å². The number of hydrogen-bond acceptors (Lipinski definition) is 5. The Bertz CT molecular complexity index is 895. The first-order valence-electron chi connectivity index (χ1n) is 7.96. The largest absolute Gasteiger partial charge is 0.378 e. The van der Waals surface area contributed by atoms with Gasteiger partial charge >= 0.3 is 0 Å². The van der Waals surface area contributed by atoms with Crippen molar-refractivity contribution >= 4 is 28.8 Å². The minimum absolute atomic E-state index is 0.141. The highest BCUT2D eigenvalue weighted by atomic mass is 19.1. The van der Waals surface area contributed by atoms with Gasteiger partial charge < -0.3 is 15.5 Å². The fraction of sp³-hybridized carbons (Fsp3) is 0.105. The first kappa shape index (κ1) is 17.3. The normalized spacial score (nSPS) is 10.3. The van der Waals surface area contributed by atoms with Crippen molar-refractivity contribution in [1.82, 2.24) is 10.2 Å². The van der Waals surface area contributed by atoms with E-state index in [2.05, 4.69) is 20.8 Å². The number of anilines is 4. The molecule has 0 unspecified atom stereocenters. The van der Waals surface area contributed by atoms with Crippen LogP contribution >= 0.6 is 0 Å². The molecule has 0 spiro atoms. The van der Waals surface area contributed by atoms with Crippen LogP contribution < -0.4 is 15.5 Å². The molecule has 0 fully saturated rings. The van der Waals surface area contributed by atoms with Gasteiger partial charge in [-0.3, -0.25) is 4.79 Å². The molecule has 26 heavy (non-hydrogen) atoms. The maximum Gasteiger partial charge on any atom is 0.276 e. The molecule has 0 aliphatic carbocycles. The lowest BCUT2D eigenvalue weighted by atomic mass is 10.2. The van der Waals surface area contributed by atoms with Gasteiger partial charge in [0.05, 0.1) is 0 Å². The van der Waals surface area contributed by atoms with Crippen LogP contribution in [0.4, 0.5) is 27.3 Å². The standard InChI is InChI=1S/C19H18FN5O/c1-25(2)16-8-6-14(7-9-16)21-18-11-10-17(23-24-18)19(26)22-15-5-3-4-13(20)12-15/h3-12H,1-2H3,(H,21,24)(H,22,26). The highest BCUT2D eigenvalue weighted by Gasteiger charge is 2.09. The number of halogens is 1. The van der Waals surface area contributed by atoms with E-state index in [0.29, 0.717) is 11.5 Å². The summed E-state index contributed by atoms with van der Waals surface area (Å²) in [6, 6.07) is 16.7. The van der Waals surface area contributed by atoms with Crippen molar-refractivity contribution in [2.45, 2.75) is 0 Å². The van der Waals surface area contributed by atoms with Crippen LogP contribution in [0.15, 0.2) is 60.7 Å². The Balaban J connectivity index is 1.65. The van der Waals surface area contributed by atoms with E-state index >= 15 is 0 Å². The zero-order valence-electron chi connectivity index (χ0n) is 14.4. The summed E-state index contributed by atoms with van der Waals surface area (Å²) in [4.78, 5) is 14.1. The van der Waals surface area contributed by atoms with Crippen molar-refractivity contribution in [3.8, 4) is 0 Å². The second kappa shape index (κ2) is 7.60. The second-order valence-electron chi connectivity index (χ2n) is 5.83. The number of hydrogen-bond donors (Lipinski definition) is 2. The molecule has 0 saturated heterocycles. The monoisotopic (exact) mass is 351 g/mol. The summed E-state index contributed by atoms with van der Waals surface area (Å²) in [7, 11) is 3.95. The molecule has 6 nitrogen and oxygen atoms in total. The summed E-state index contributed by atoms with van der Waals surface area (Å²) in [5, 5.41) is 13.6. The lowest BCUT2D eigenvalue weighted by Crippen LogP contribution is -2.14. The summed E-state index contributed by atoms with van der Waals surface area (Å²) < 4.78 is 13.2. The molecule has 7 heteroatoms. The highest BCUT2D eigenvalue weighted by molar-refractivity contribution is 6.02. The second-order valence-corrected chi connectivity index (χ2v) is 5.83. The van der Waals surface area contributed by atoms with Crippen molar-refractivity contribution in [2.75, 3.05) is 29.6 Å². The Morgan fingerprint density at radius 1 is 0.962 bits per heavy atom. The number of carbonyl (C=O) groups is 1. The molecular formula is C19H18FN5O. The van der Waals surface area contributed by atoms with E-state index in [4.69, 9.17) is 0 Å². The SMILES string of the molecule is CN(C)c1ccc(Nc2ccc(C(=O)Nc3cccc(F)c3)nn2)cc1. The van der Waals surface area contributed by atoms with Gasteiger partial charge in [-0.2, -0.15) is 0 Å². The lowest BCUT2D eigenvalue weighted by Gasteiger charge is -2.13. The number of amides is 1. The summed E-state index contributed by atoms with van der Waals surface area (Å²) in [6.45, 7) is 0. The first-order valence-corrected chi connectivity index (χ1v) is 7.96. The summed E-state index contributed by atoms with van der Waals surface area (Å²) >= 11 is 0. The van der Waals surface area contributed by atoms with E-state index < -0.39 is 11.7 Å². The molecule has 0 bridgehead atoms. The zero-order chi connectivity index (χ0) is 18.5. The van der Waals surface area contributed by atoms with E-state index in [1.165, 1.54) is 18.2 Å². The molecule has 1 aromatic heterocycles. The first-order chi connectivity index (χ1) is 12.5. The average Bonchev–Trinajstić information content (AvgIpc) is 2.63. The molecule has 2 aromatic carbocycles. The van der Waals surface area contributed by atoms with E-state index in [0.717, 1.165) is 11.4 Å². The van der Waals surface area contributed by atoms with Gasteiger partial charge in [0.2, 0.25) is 0 Å². The Labute approximate surface area is 150 Å². The van der Waals surface area contributed by atoms with Crippen LogP contribution in [-0.4, -0.2) is 30.2 Å². The van der Waals surface area contributed by atoms with E-state index in [-0.39, 0.29) is 5.69 Å². The Hall–Kier alpha value is -3.48. The highest BCUT2D eigenvalue weighted by Crippen LogP contribution is 2.19. The summed E-state index contributed by atoms with van der Waals surface area (Å²) in [5.74, 6) is -0.358. The maximum atomic E-state index is 13.2. The van der Waals surface area contributed by atoms with E-state index in [9.17, 15) is 9.18 Å². The van der Waals surface area contributed by atoms with E-state index in [1.54, 1.807) is 18.2 Å². The molecule has 2 N–H and O–H groups in total. The molecule has 0 aliphatic heterocycles. The molecule has 3 aromatic rings. The van der Waals surface area contributed by atoms with Crippen molar-refractivity contribution < 1.29 is 9.18 Å². The van der Waals surface area contributed by atoms with Crippen molar-refractivity contribution in [1.29, 1.82) is 0 Å². The van der Waals surface area contributed by atoms with Crippen LogP contribution in [-0.2, 0) is 0 Å². The van der Waals surface area contributed by atoms with Crippen molar-refractivity contribution in [3.63, 3.8) is 0 Å². The smallest absolute Gasteiger partial charge is 0.276 e. The topological polar surface area (TPSA) is 70.2 Å².